The van der Waals surface area contributed by atoms with Gasteiger partial charge in [0.15, 0.2) is 0 Å². The molecule has 1 unspecified atom stereocenters. The quantitative estimate of drug-likeness (QED) is 0.742. The van der Waals surface area contributed by atoms with Crippen LogP contribution in [0.4, 0.5) is 0 Å². The summed E-state index contributed by atoms with van der Waals surface area (Å²) in [5, 5.41) is 0. The Morgan fingerprint density at radius 2 is 2.00 bits per heavy atom. The SMILES string of the molecule is COC(=O)CC1(C(C)N)CCC(OC)CC1. The maximum absolute atomic E-state index is 11.4. The highest BCUT2D eigenvalue weighted by Crippen LogP contribution is 2.42. The van der Waals surface area contributed by atoms with Gasteiger partial charge in [0.2, 0.25) is 0 Å². The summed E-state index contributed by atoms with van der Waals surface area (Å²) in [5.74, 6) is -0.159. The topological polar surface area (TPSA) is 61.5 Å². The van der Waals surface area contributed by atoms with Gasteiger partial charge in [-0.15, -0.1) is 0 Å². The molecule has 1 atom stereocenters. The first-order valence-corrected chi connectivity index (χ1v) is 5.89. The maximum Gasteiger partial charge on any atom is 0.306 e. The Labute approximate surface area is 97.5 Å². The van der Waals surface area contributed by atoms with Gasteiger partial charge >= 0.3 is 5.97 Å². The predicted octanol–water partition coefficient (Wildman–Crippen LogP) is 1.47. The Morgan fingerprint density at radius 1 is 1.44 bits per heavy atom. The van der Waals surface area contributed by atoms with Crippen LogP contribution in [-0.4, -0.2) is 32.3 Å². The van der Waals surface area contributed by atoms with Gasteiger partial charge in [-0.3, -0.25) is 4.79 Å². The Morgan fingerprint density at radius 3 is 2.38 bits per heavy atom. The molecule has 4 nitrogen and oxygen atoms in total. The van der Waals surface area contributed by atoms with Crippen molar-refractivity contribution >= 4 is 5.97 Å². The van der Waals surface area contributed by atoms with Crippen LogP contribution in [0, 0.1) is 5.41 Å². The Kier molecular flexibility index (Phi) is 4.74. The van der Waals surface area contributed by atoms with Crippen LogP contribution in [0.15, 0.2) is 0 Å². The molecule has 94 valence electrons. The number of nitrogens with two attached hydrogens (primary N) is 1. The average Bonchev–Trinajstić information content (AvgIpc) is 2.29. The lowest BCUT2D eigenvalue weighted by atomic mass is 9.67. The minimum absolute atomic E-state index is 0.0180. The summed E-state index contributed by atoms with van der Waals surface area (Å²) in [6.07, 6.45) is 4.60. The van der Waals surface area contributed by atoms with E-state index in [2.05, 4.69) is 0 Å². The predicted molar refractivity (Wildman–Crippen MR) is 62.0 cm³/mol. The van der Waals surface area contributed by atoms with Gasteiger partial charge in [-0.1, -0.05) is 0 Å². The van der Waals surface area contributed by atoms with E-state index in [1.807, 2.05) is 6.92 Å². The van der Waals surface area contributed by atoms with Crippen molar-refractivity contribution in [3.8, 4) is 0 Å². The normalized spacial score (nSPS) is 32.1. The van der Waals surface area contributed by atoms with E-state index in [1.54, 1.807) is 7.11 Å². The summed E-state index contributed by atoms with van der Waals surface area (Å²) >= 11 is 0. The number of hydrogen-bond acceptors (Lipinski definition) is 4. The number of methoxy groups -OCH3 is 2. The molecular weight excluding hydrogens is 206 g/mol. The Hall–Kier alpha value is -0.610. The van der Waals surface area contributed by atoms with Crippen molar-refractivity contribution in [1.82, 2.24) is 0 Å². The number of carbonyl (C=O) groups is 1. The molecule has 0 aliphatic heterocycles. The van der Waals surface area contributed by atoms with Gasteiger partial charge in [0, 0.05) is 13.2 Å². The molecule has 4 heteroatoms. The molecule has 0 aromatic heterocycles. The summed E-state index contributed by atoms with van der Waals surface area (Å²) in [5.41, 5.74) is 5.95. The van der Waals surface area contributed by atoms with Crippen LogP contribution in [0.3, 0.4) is 0 Å². The summed E-state index contributed by atoms with van der Waals surface area (Å²) in [4.78, 5) is 11.4. The lowest BCUT2D eigenvalue weighted by molar-refractivity contribution is -0.145. The molecule has 1 saturated carbocycles. The van der Waals surface area contributed by atoms with Gasteiger partial charge in [0.25, 0.3) is 0 Å². The monoisotopic (exact) mass is 229 g/mol. The number of hydrogen-bond donors (Lipinski definition) is 1. The second-order valence-electron chi connectivity index (χ2n) is 4.84. The molecule has 2 N–H and O–H groups in total. The van der Waals surface area contributed by atoms with Gasteiger partial charge in [0.05, 0.1) is 19.6 Å². The molecule has 1 rings (SSSR count). The third-order valence-electron chi connectivity index (χ3n) is 3.95. The zero-order valence-corrected chi connectivity index (χ0v) is 10.5. The van der Waals surface area contributed by atoms with E-state index in [9.17, 15) is 4.79 Å². The highest BCUT2D eigenvalue weighted by atomic mass is 16.5. The molecule has 1 aliphatic carbocycles. The summed E-state index contributed by atoms with van der Waals surface area (Å²) < 4.78 is 10.1. The Balaban J connectivity index is 2.65. The minimum Gasteiger partial charge on any atom is -0.469 e. The number of ether oxygens (including phenoxy) is 2. The van der Waals surface area contributed by atoms with Gasteiger partial charge in [-0.2, -0.15) is 0 Å². The fourth-order valence-electron chi connectivity index (χ4n) is 2.55. The van der Waals surface area contributed by atoms with E-state index in [-0.39, 0.29) is 17.4 Å². The lowest BCUT2D eigenvalue weighted by Gasteiger charge is -2.42. The van der Waals surface area contributed by atoms with Crippen molar-refractivity contribution < 1.29 is 14.3 Å². The van der Waals surface area contributed by atoms with Crippen molar-refractivity contribution in [2.24, 2.45) is 11.1 Å². The Bertz CT molecular complexity index is 232. The van der Waals surface area contributed by atoms with Crippen LogP contribution in [0.1, 0.15) is 39.0 Å². The van der Waals surface area contributed by atoms with Gasteiger partial charge in [0.1, 0.15) is 0 Å². The van der Waals surface area contributed by atoms with Crippen LogP contribution in [-0.2, 0) is 14.3 Å². The van der Waals surface area contributed by atoms with E-state index in [1.165, 1.54) is 7.11 Å². The average molecular weight is 229 g/mol. The highest BCUT2D eigenvalue weighted by Gasteiger charge is 2.40. The van der Waals surface area contributed by atoms with Crippen molar-refractivity contribution in [1.29, 1.82) is 0 Å². The van der Waals surface area contributed by atoms with Crippen LogP contribution in [0.25, 0.3) is 0 Å². The van der Waals surface area contributed by atoms with Crippen LogP contribution in [0.2, 0.25) is 0 Å². The van der Waals surface area contributed by atoms with E-state index in [0.29, 0.717) is 12.5 Å². The molecule has 0 spiro atoms. The first kappa shape index (κ1) is 13.5. The molecule has 1 aliphatic rings. The molecule has 1 fully saturated rings. The summed E-state index contributed by atoms with van der Waals surface area (Å²) in [6, 6.07) is 0.0180. The fourth-order valence-corrected chi connectivity index (χ4v) is 2.55. The van der Waals surface area contributed by atoms with Gasteiger partial charge in [-0.05, 0) is 38.0 Å². The molecule has 0 radical (unpaired) electrons. The van der Waals surface area contributed by atoms with Crippen molar-refractivity contribution in [2.75, 3.05) is 14.2 Å². The second-order valence-corrected chi connectivity index (χ2v) is 4.84. The van der Waals surface area contributed by atoms with Crippen LogP contribution < -0.4 is 5.73 Å². The molecule has 16 heavy (non-hydrogen) atoms. The second kappa shape index (κ2) is 5.64. The molecule has 0 saturated heterocycles. The van der Waals surface area contributed by atoms with E-state index < -0.39 is 0 Å². The third kappa shape index (κ3) is 2.95. The fraction of sp³-hybridized carbons (Fsp3) is 0.917. The lowest BCUT2D eigenvalue weighted by Crippen LogP contribution is -2.45. The molecule has 0 aromatic carbocycles. The molecule has 0 aromatic rings. The van der Waals surface area contributed by atoms with Gasteiger partial charge in [-0.25, -0.2) is 0 Å². The summed E-state index contributed by atoms with van der Waals surface area (Å²) in [6.45, 7) is 1.98. The minimum atomic E-state index is -0.159. The zero-order chi connectivity index (χ0) is 12.2. The first-order valence-electron chi connectivity index (χ1n) is 5.89. The standard InChI is InChI=1S/C12H23NO3/c1-9(13)12(8-11(14)16-3)6-4-10(15-2)5-7-12/h9-10H,4-8,13H2,1-3H3. The smallest absolute Gasteiger partial charge is 0.306 e. The molecule has 0 amide bonds. The molecule has 0 heterocycles. The largest absolute Gasteiger partial charge is 0.469 e. The number of rotatable bonds is 4. The third-order valence-corrected chi connectivity index (χ3v) is 3.95. The summed E-state index contributed by atoms with van der Waals surface area (Å²) in [7, 11) is 3.17. The maximum atomic E-state index is 11.4. The first-order chi connectivity index (χ1) is 7.54. The van der Waals surface area contributed by atoms with Crippen LogP contribution in [0.5, 0.6) is 0 Å². The van der Waals surface area contributed by atoms with Crippen molar-refractivity contribution in [3.63, 3.8) is 0 Å². The van der Waals surface area contributed by atoms with Gasteiger partial charge < -0.3 is 15.2 Å². The zero-order valence-electron chi connectivity index (χ0n) is 10.5. The number of esters is 1. The molecular formula is C12H23NO3. The van der Waals surface area contributed by atoms with Crippen molar-refractivity contribution in [2.45, 2.75) is 51.2 Å². The number of carbonyl (C=O) groups excluding carboxylic acids is 1. The van der Waals surface area contributed by atoms with E-state index >= 15 is 0 Å². The van der Waals surface area contributed by atoms with Crippen molar-refractivity contribution in [3.05, 3.63) is 0 Å². The van der Waals surface area contributed by atoms with Crippen LogP contribution >= 0.6 is 0 Å². The molecule has 0 bridgehead atoms. The van der Waals surface area contributed by atoms with E-state index in [0.717, 1.165) is 25.7 Å². The highest BCUT2D eigenvalue weighted by molar-refractivity contribution is 5.70. The van der Waals surface area contributed by atoms with E-state index in [4.69, 9.17) is 15.2 Å².